The lowest BCUT2D eigenvalue weighted by Gasteiger charge is -2.02. The third kappa shape index (κ3) is 5.25. The highest BCUT2D eigenvalue weighted by Gasteiger charge is 2.32. The van der Waals surface area contributed by atoms with Crippen LogP contribution in [-0.2, 0) is 12.4 Å². The van der Waals surface area contributed by atoms with Crippen molar-refractivity contribution in [1.29, 1.82) is 0 Å². The minimum atomic E-state index is -4.32. The lowest BCUT2D eigenvalue weighted by molar-refractivity contribution is -0.141. The summed E-state index contributed by atoms with van der Waals surface area (Å²) in [4.78, 5) is 6.25. The molecule has 0 spiro atoms. The van der Waals surface area contributed by atoms with Crippen LogP contribution >= 0.6 is 0 Å². The summed E-state index contributed by atoms with van der Waals surface area (Å²) < 4.78 is 70.4. The van der Waals surface area contributed by atoms with Gasteiger partial charge in [-0.3, -0.25) is 9.97 Å². The van der Waals surface area contributed by atoms with Crippen LogP contribution < -0.4 is 0 Å². The van der Waals surface area contributed by atoms with Crippen molar-refractivity contribution in [3.8, 4) is 0 Å². The molecule has 2 nitrogen and oxygen atoms in total. The van der Waals surface area contributed by atoms with Gasteiger partial charge in [-0.15, -0.1) is 0 Å². The number of alkyl halides is 6. The number of hydrogen-bond acceptors (Lipinski definition) is 2. The van der Waals surface area contributed by atoms with Crippen LogP contribution in [0, 0.1) is 0 Å². The Morgan fingerprint density at radius 1 is 0.600 bits per heavy atom. The molecule has 0 saturated carbocycles. The second-order valence-corrected chi connectivity index (χ2v) is 3.43. The van der Waals surface area contributed by atoms with Gasteiger partial charge in [0.25, 0.3) is 0 Å². The molecule has 0 N–H and O–H groups in total. The lowest BCUT2D eigenvalue weighted by atomic mass is 10.3. The fraction of sp³-hybridized carbons (Fsp3) is 0.167. The normalized spacial score (nSPS) is 11.5. The minimum absolute atomic E-state index is 0.852. The van der Waals surface area contributed by atoms with Gasteiger partial charge in [-0.2, -0.15) is 26.3 Å². The highest BCUT2D eigenvalue weighted by molar-refractivity contribution is 5.07. The van der Waals surface area contributed by atoms with Crippen LogP contribution in [0.4, 0.5) is 26.3 Å². The molecule has 8 heteroatoms. The van der Waals surface area contributed by atoms with E-state index in [0.29, 0.717) is 0 Å². The zero-order valence-corrected chi connectivity index (χ0v) is 9.78. The predicted octanol–water partition coefficient (Wildman–Crippen LogP) is 4.20. The summed E-state index contributed by atoms with van der Waals surface area (Å²) in [5.41, 5.74) is -1.70. The van der Waals surface area contributed by atoms with E-state index in [2.05, 4.69) is 9.97 Å². The third-order valence-corrected chi connectivity index (χ3v) is 1.91. The van der Waals surface area contributed by atoms with Gasteiger partial charge in [-0.1, -0.05) is 12.1 Å². The van der Waals surface area contributed by atoms with Gasteiger partial charge in [0.1, 0.15) is 11.4 Å². The van der Waals surface area contributed by atoms with Crippen molar-refractivity contribution >= 4 is 0 Å². The molecule has 0 aliphatic carbocycles. The van der Waals surface area contributed by atoms with Gasteiger partial charge in [0, 0.05) is 12.4 Å². The second-order valence-electron chi connectivity index (χ2n) is 3.43. The van der Waals surface area contributed by atoms with E-state index >= 15 is 0 Å². The summed E-state index contributed by atoms with van der Waals surface area (Å²) in [7, 11) is 0. The summed E-state index contributed by atoms with van der Waals surface area (Å²) in [6, 6.07) is 7.34. The maximum absolute atomic E-state index is 11.7. The molecule has 2 heterocycles. The lowest BCUT2D eigenvalue weighted by Crippen LogP contribution is -2.06. The van der Waals surface area contributed by atoms with Crippen LogP contribution in [0.2, 0.25) is 0 Å². The third-order valence-electron chi connectivity index (χ3n) is 1.91. The molecule has 0 bridgehead atoms. The molecule has 0 unspecified atom stereocenters. The molecule has 2 aromatic rings. The largest absolute Gasteiger partial charge is 0.433 e. The van der Waals surface area contributed by atoms with Gasteiger partial charge in [0.15, 0.2) is 0 Å². The Kier molecular flexibility index (Phi) is 5.06. The molecular formula is C12H8F6N2. The van der Waals surface area contributed by atoms with E-state index in [1.807, 2.05) is 0 Å². The standard InChI is InChI=1S/2C6H4F3N/c2*7-6(8,9)5-3-1-2-4-10-5/h2*1-4H. The van der Waals surface area contributed by atoms with Crippen LogP contribution in [-0.4, -0.2) is 9.97 Å². The van der Waals surface area contributed by atoms with Gasteiger partial charge in [0.2, 0.25) is 0 Å². The van der Waals surface area contributed by atoms with Crippen molar-refractivity contribution in [3.05, 3.63) is 60.2 Å². The summed E-state index contributed by atoms with van der Waals surface area (Å²) in [6.07, 6.45) is -6.41. The smallest absolute Gasteiger partial charge is 0.252 e. The zero-order chi connectivity index (χ0) is 15.2. The van der Waals surface area contributed by atoms with Crippen LogP contribution in [0.3, 0.4) is 0 Å². The maximum atomic E-state index is 11.7. The quantitative estimate of drug-likeness (QED) is 0.680. The van der Waals surface area contributed by atoms with Gasteiger partial charge < -0.3 is 0 Å². The Hall–Kier alpha value is -2.12. The SMILES string of the molecule is FC(F)(F)c1ccccn1.FC(F)(F)c1ccccn1. The van der Waals surface area contributed by atoms with E-state index in [1.165, 1.54) is 24.3 Å². The van der Waals surface area contributed by atoms with Gasteiger partial charge in [-0.05, 0) is 24.3 Å². The fourth-order valence-corrected chi connectivity index (χ4v) is 1.06. The molecule has 0 aliphatic heterocycles. The van der Waals surface area contributed by atoms with Gasteiger partial charge in [-0.25, -0.2) is 0 Å². The van der Waals surface area contributed by atoms with E-state index in [0.717, 1.165) is 24.5 Å². The topological polar surface area (TPSA) is 25.8 Å². The first kappa shape index (κ1) is 15.9. The molecule has 108 valence electrons. The molecule has 0 radical (unpaired) electrons. The molecule has 0 fully saturated rings. The average Bonchev–Trinajstić information content (AvgIpc) is 2.40. The molecule has 0 saturated heterocycles. The molecule has 2 rings (SSSR count). The number of aromatic nitrogens is 2. The van der Waals surface area contributed by atoms with Crippen molar-refractivity contribution in [2.75, 3.05) is 0 Å². The number of rotatable bonds is 0. The first-order chi connectivity index (χ1) is 9.21. The monoisotopic (exact) mass is 294 g/mol. The Bertz CT molecular complexity index is 457. The Morgan fingerprint density at radius 2 is 0.950 bits per heavy atom. The van der Waals surface area contributed by atoms with E-state index in [1.54, 1.807) is 0 Å². The van der Waals surface area contributed by atoms with Crippen molar-refractivity contribution in [3.63, 3.8) is 0 Å². The summed E-state index contributed by atoms with van der Waals surface area (Å²) >= 11 is 0. The van der Waals surface area contributed by atoms with Crippen LogP contribution in [0.1, 0.15) is 11.4 Å². The Morgan fingerprint density at radius 3 is 1.10 bits per heavy atom. The van der Waals surface area contributed by atoms with Gasteiger partial charge >= 0.3 is 12.4 Å². The molecule has 0 amide bonds. The summed E-state index contributed by atoms with van der Waals surface area (Å²) in [6.45, 7) is 0. The zero-order valence-electron chi connectivity index (χ0n) is 9.78. The molecule has 0 atom stereocenters. The second kappa shape index (κ2) is 6.36. The Labute approximate surface area is 110 Å². The predicted molar refractivity (Wildman–Crippen MR) is 58.5 cm³/mol. The Balaban J connectivity index is 0.000000200. The number of halogens is 6. The van der Waals surface area contributed by atoms with Crippen LogP contribution in [0.5, 0.6) is 0 Å². The molecule has 0 aliphatic rings. The van der Waals surface area contributed by atoms with E-state index in [9.17, 15) is 26.3 Å². The number of hydrogen-bond donors (Lipinski definition) is 0. The van der Waals surface area contributed by atoms with Crippen molar-refractivity contribution < 1.29 is 26.3 Å². The first-order valence-corrected chi connectivity index (χ1v) is 5.17. The molecule has 20 heavy (non-hydrogen) atoms. The maximum Gasteiger partial charge on any atom is 0.433 e. The fourth-order valence-electron chi connectivity index (χ4n) is 1.06. The number of nitrogens with zero attached hydrogens (tertiary/aromatic N) is 2. The van der Waals surface area contributed by atoms with E-state index in [4.69, 9.17) is 0 Å². The molecule has 0 aromatic carbocycles. The number of pyridine rings is 2. The molecule has 2 aromatic heterocycles. The average molecular weight is 294 g/mol. The van der Waals surface area contributed by atoms with Crippen molar-refractivity contribution in [2.45, 2.75) is 12.4 Å². The van der Waals surface area contributed by atoms with Crippen molar-refractivity contribution in [2.24, 2.45) is 0 Å². The van der Waals surface area contributed by atoms with E-state index in [-0.39, 0.29) is 0 Å². The summed E-state index contributed by atoms with van der Waals surface area (Å²) in [5.74, 6) is 0. The highest BCUT2D eigenvalue weighted by atomic mass is 19.4. The van der Waals surface area contributed by atoms with Crippen LogP contribution in [0.15, 0.2) is 48.8 Å². The first-order valence-electron chi connectivity index (χ1n) is 5.17. The van der Waals surface area contributed by atoms with Crippen molar-refractivity contribution in [1.82, 2.24) is 9.97 Å². The molecular weight excluding hydrogens is 286 g/mol. The van der Waals surface area contributed by atoms with Crippen LogP contribution in [0.25, 0.3) is 0 Å². The van der Waals surface area contributed by atoms with Gasteiger partial charge in [0.05, 0.1) is 0 Å². The minimum Gasteiger partial charge on any atom is -0.252 e. The highest BCUT2D eigenvalue weighted by Crippen LogP contribution is 2.27. The summed E-state index contributed by atoms with van der Waals surface area (Å²) in [5, 5.41) is 0. The van der Waals surface area contributed by atoms with E-state index < -0.39 is 23.7 Å².